The number of sulfonamides is 1. The number of aliphatic carboxylic acids is 1. The number of hydrogen-bond acceptors (Lipinski definition) is 4. The Kier molecular flexibility index (Phi) is 8.49. The van der Waals surface area contributed by atoms with E-state index >= 15 is 0 Å². The number of anilines is 1. The highest BCUT2D eigenvalue weighted by molar-refractivity contribution is 7.92. The lowest BCUT2D eigenvalue weighted by molar-refractivity contribution is -0.134. The van der Waals surface area contributed by atoms with Crippen LogP contribution in [0.15, 0.2) is 54.6 Å². The highest BCUT2D eigenvalue weighted by atomic mass is 32.2. The first-order valence-corrected chi connectivity index (χ1v) is 9.45. The van der Waals surface area contributed by atoms with Crippen molar-refractivity contribution in [2.24, 2.45) is 0 Å². The molecule has 2 aromatic rings. The van der Waals surface area contributed by atoms with Gasteiger partial charge in [-0.1, -0.05) is 49.4 Å². The molecule has 0 bridgehead atoms. The second-order valence-electron chi connectivity index (χ2n) is 5.21. The van der Waals surface area contributed by atoms with E-state index in [0.717, 1.165) is 12.5 Å². The first kappa shape index (κ1) is 20.5. The van der Waals surface area contributed by atoms with Crippen molar-refractivity contribution >= 4 is 21.7 Å². The number of benzene rings is 2. The Balaban J connectivity index is 0.000000705. The molecule has 7 heteroatoms. The van der Waals surface area contributed by atoms with Crippen molar-refractivity contribution in [2.45, 2.75) is 26.9 Å². The first-order chi connectivity index (χ1) is 11.8. The maximum absolute atomic E-state index is 11.9. The van der Waals surface area contributed by atoms with Crippen LogP contribution in [0.25, 0.3) is 0 Å². The molecule has 0 aliphatic carbocycles. The minimum Gasteiger partial charge on any atom is -0.487 e. The predicted molar refractivity (Wildman–Crippen MR) is 98.2 cm³/mol. The van der Waals surface area contributed by atoms with Gasteiger partial charge in [-0.05, 0) is 24.1 Å². The predicted octanol–water partition coefficient (Wildman–Crippen LogP) is 3.51. The summed E-state index contributed by atoms with van der Waals surface area (Å²) in [6, 6.07) is 16.8. The van der Waals surface area contributed by atoms with Gasteiger partial charge in [0.2, 0.25) is 10.0 Å². The number of carbonyl (C=O) groups is 1. The van der Waals surface area contributed by atoms with Gasteiger partial charge in [0.1, 0.15) is 12.4 Å². The molecule has 0 unspecified atom stereocenters. The zero-order chi connectivity index (χ0) is 18.7. The van der Waals surface area contributed by atoms with E-state index in [1.165, 1.54) is 0 Å². The molecule has 0 saturated heterocycles. The van der Waals surface area contributed by atoms with E-state index in [0.29, 0.717) is 24.5 Å². The number of carboxylic acids is 1. The molecule has 0 aliphatic heterocycles. The molecular weight excluding hydrogens is 342 g/mol. The van der Waals surface area contributed by atoms with E-state index in [9.17, 15) is 8.42 Å². The lowest BCUT2D eigenvalue weighted by Crippen LogP contribution is -2.16. The number of nitrogens with one attached hydrogen (secondary N) is 1. The van der Waals surface area contributed by atoms with Gasteiger partial charge in [0, 0.05) is 6.92 Å². The maximum Gasteiger partial charge on any atom is 0.300 e. The molecule has 136 valence electrons. The normalized spacial score (nSPS) is 10.3. The Labute approximate surface area is 148 Å². The lowest BCUT2D eigenvalue weighted by atomic mass is 10.2. The average molecular weight is 365 g/mol. The molecule has 0 heterocycles. The average Bonchev–Trinajstić information content (AvgIpc) is 2.54. The van der Waals surface area contributed by atoms with E-state index < -0.39 is 16.0 Å². The summed E-state index contributed by atoms with van der Waals surface area (Å²) in [5.41, 5.74) is 1.51. The molecule has 0 aromatic heterocycles. The monoisotopic (exact) mass is 365 g/mol. The molecule has 0 atom stereocenters. The summed E-state index contributed by atoms with van der Waals surface area (Å²) in [6.45, 7) is 3.31. The Morgan fingerprint density at radius 2 is 1.64 bits per heavy atom. The molecule has 0 amide bonds. The zero-order valence-corrected chi connectivity index (χ0v) is 15.1. The van der Waals surface area contributed by atoms with Gasteiger partial charge in [-0.2, -0.15) is 0 Å². The molecule has 2 rings (SSSR count). The summed E-state index contributed by atoms with van der Waals surface area (Å²) in [5.74, 6) is -0.207. The fraction of sp³-hybridized carbons (Fsp3) is 0.278. The minimum atomic E-state index is -3.32. The van der Waals surface area contributed by atoms with Gasteiger partial charge in [0.25, 0.3) is 5.97 Å². The van der Waals surface area contributed by atoms with Crippen LogP contribution in [0.3, 0.4) is 0 Å². The van der Waals surface area contributed by atoms with Crippen LogP contribution < -0.4 is 9.46 Å². The van der Waals surface area contributed by atoms with Crippen molar-refractivity contribution in [3.05, 3.63) is 60.2 Å². The third-order valence-corrected chi connectivity index (χ3v) is 4.34. The molecule has 0 spiro atoms. The van der Waals surface area contributed by atoms with E-state index in [1.54, 1.807) is 18.2 Å². The van der Waals surface area contributed by atoms with Crippen LogP contribution in [0.5, 0.6) is 5.75 Å². The summed E-state index contributed by atoms with van der Waals surface area (Å²) in [5, 5.41) is 7.42. The summed E-state index contributed by atoms with van der Waals surface area (Å²) >= 11 is 0. The van der Waals surface area contributed by atoms with Crippen LogP contribution in [-0.4, -0.2) is 25.2 Å². The Morgan fingerprint density at radius 3 is 2.24 bits per heavy atom. The van der Waals surface area contributed by atoms with Gasteiger partial charge in [-0.3, -0.25) is 9.52 Å². The van der Waals surface area contributed by atoms with Crippen molar-refractivity contribution in [1.82, 2.24) is 0 Å². The standard InChI is InChI=1S/C16H19NO3S.C2H4O2/c1-2-12-21(18,19)17-15-10-6-7-11-16(15)20-13-14-8-4-3-5-9-14;1-2(3)4/h3-11,17H,2,12-13H2,1H3;1H3,(H,3,4). The van der Waals surface area contributed by atoms with E-state index in [4.69, 9.17) is 14.6 Å². The molecule has 2 N–H and O–H groups in total. The molecule has 0 fully saturated rings. The van der Waals surface area contributed by atoms with Crippen molar-refractivity contribution in [3.8, 4) is 5.75 Å². The van der Waals surface area contributed by atoms with Gasteiger partial charge in [0.15, 0.2) is 0 Å². The van der Waals surface area contributed by atoms with Gasteiger partial charge in [0.05, 0.1) is 11.4 Å². The Morgan fingerprint density at radius 1 is 1.08 bits per heavy atom. The van der Waals surface area contributed by atoms with Gasteiger partial charge < -0.3 is 9.84 Å². The summed E-state index contributed by atoms with van der Waals surface area (Å²) in [6.07, 6.45) is 0.572. The highest BCUT2D eigenvalue weighted by Gasteiger charge is 2.12. The first-order valence-electron chi connectivity index (χ1n) is 7.80. The van der Waals surface area contributed by atoms with Crippen LogP contribution in [0, 0.1) is 0 Å². The molecular formula is C18H23NO5S. The number of para-hydroxylation sites is 2. The molecule has 0 radical (unpaired) electrons. The highest BCUT2D eigenvalue weighted by Crippen LogP contribution is 2.25. The van der Waals surface area contributed by atoms with Crippen molar-refractivity contribution in [2.75, 3.05) is 10.5 Å². The minimum absolute atomic E-state index is 0.0972. The maximum atomic E-state index is 11.9. The third kappa shape index (κ3) is 8.76. The SMILES string of the molecule is CC(=O)O.CCCS(=O)(=O)Nc1ccccc1OCc1ccccc1. The fourth-order valence-electron chi connectivity index (χ4n) is 1.90. The van der Waals surface area contributed by atoms with Crippen LogP contribution >= 0.6 is 0 Å². The topological polar surface area (TPSA) is 92.7 Å². The van der Waals surface area contributed by atoms with Crippen LogP contribution in [0.1, 0.15) is 25.8 Å². The second kappa shape index (κ2) is 10.4. The fourth-order valence-corrected chi connectivity index (χ4v) is 3.04. The second-order valence-corrected chi connectivity index (χ2v) is 7.05. The molecule has 6 nitrogen and oxygen atoms in total. The van der Waals surface area contributed by atoms with Crippen molar-refractivity contribution in [3.63, 3.8) is 0 Å². The number of carboxylic acid groups (broad SMARTS) is 1. The zero-order valence-electron chi connectivity index (χ0n) is 14.3. The summed E-state index contributed by atoms with van der Waals surface area (Å²) in [7, 11) is -3.32. The van der Waals surface area contributed by atoms with Gasteiger partial charge in [-0.25, -0.2) is 8.42 Å². The van der Waals surface area contributed by atoms with Crippen LogP contribution in [0.2, 0.25) is 0 Å². The Bertz CT molecular complexity index is 756. The van der Waals surface area contributed by atoms with E-state index in [-0.39, 0.29) is 5.75 Å². The van der Waals surface area contributed by atoms with Gasteiger partial charge >= 0.3 is 0 Å². The Hall–Kier alpha value is -2.54. The number of hydrogen-bond donors (Lipinski definition) is 2. The molecule has 0 saturated carbocycles. The van der Waals surface area contributed by atoms with E-state index in [1.807, 2.05) is 43.3 Å². The quantitative estimate of drug-likeness (QED) is 0.783. The summed E-state index contributed by atoms with van der Waals surface area (Å²) < 4.78 is 32.0. The molecule has 0 aliphatic rings. The lowest BCUT2D eigenvalue weighted by Gasteiger charge is -2.13. The van der Waals surface area contributed by atoms with Crippen molar-refractivity contribution in [1.29, 1.82) is 0 Å². The van der Waals surface area contributed by atoms with Gasteiger partial charge in [-0.15, -0.1) is 0 Å². The molecule has 2 aromatic carbocycles. The number of rotatable bonds is 7. The van der Waals surface area contributed by atoms with Crippen molar-refractivity contribution < 1.29 is 23.1 Å². The summed E-state index contributed by atoms with van der Waals surface area (Å²) in [4.78, 5) is 9.00. The van der Waals surface area contributed by atoms with Crippen LogP contribution in [0.4, 0.5) is 5.69 Å². The molecule has 25 heavy (non-hydrogen) atoms. The van der Waals surface area contributed by atoms with E-state index in [2.05, 4.69) is 4.72 Å². The largest absolute Gasteiger partial charge is 0.487 e. The third-order valence-electron chi connectivity index (χ3n) is 2.86. The number of ether oxygens (including phenoxy) is 1. The smallest absolute Gasteiger partial charge is 0.300 e. The van der Waals surface area contributed by atoms with Crippen LogP contribution in [-0.2, 0) is 21.4 Å².